The molecule has 0 radical (unpaired) electrons. The van der Waals surface area contributed by atoms with Gasteiger partial charge in [0.05, 0.1) is 0 Å². The lowest BCUT2D eigenvalue weighted by atomic mass is 10.3. The van der Waals surface area contributed by atoms with Crippen LogP contribution in [0.3, 0.4) is 0 Å². The normalized spacial score (nSPS) is 9.12. The Labute approximate surface area is 49.3 Å². The van der Waals surface area contributed by atoms with E-state index in [-0.39, 0.29) is 0 Å². The Kier molecular flexibility index (Phi) is 1.20. The summed E-state index contributed by atoms with van der Waals surface area (Å²) in [5.74, 6) is 0. The van der Waals surface area contributed by atoms with Gasteiger partial charge in [-0.3, -0.25) is 0 Å². The summed E-state index contributed by atoms with van der Waals surface area (Å²) < 4.78 is 2.00. The van der Waals surface area contributed by atoms with Gasteiger partial charge in [0.15, 0.2) is 0 Å². The fraction of sp³-hybridized carbons (Fsp3) is 0.143. The van der Waals surface area contributed by atoms with E-state index in [0.29, 0.717) is 0 Å². The molecule has 1 heterocycles. The van der Waals surface area contributed by atoms with Crippen LogP contribution in [-0.4, -0.2) is 4.57 Å². The Balaban J connectivity index is 3.00. The Bertz CT molecular complexity index is 186. The fourth-order valence-corrected chi connectivity index (χ4v) is 0.646. The minimum atomic E-state index is 1.17. The lowest BCUT2D eigenvalue weighted by Gasteiger charge is -1.81. The third kappa shape index (κ3) is 0.808. The van der Waals surface area contributed by atoms with Crippen LogP contribution in [0.25, 0.3) is 6.08 Å². The Morgan fingerprint density at radius 2 is 2.50 bits per heavy atom. The Hall–Kier alpha value is -0.980. The molecule has 0 atom stereocenters. The topological polar surface area (TPSA) is 4.93 Å². The van der Waals surface area contributed by atoms with E-state index in [1.807, 2.05) is 36.2 Å². The second-order valence-corrected chi connectivity index (χ2v) is 1.81. The maximum absolute atomic E-state index is 3.63. The molecule has 0 aliphatic heterocycles. The average Bonchev–Trinajstić information content (AvgIpc) is 2.14. The zero-order chi connectivity index (χ0) is 5.98. The quantitative estimate of drug-likeness (QED) is 0.514. The number of aromatic nitrogens is 1. The summed E-state index contributed by atoms with van der Waals surface area (Å²) >= 11 is 0. The van der Waals surface area contributed by atoms with Crippen molar-refractivity contribution in [2.24, 2.45) is 7.05 Å². The van der Waals surface area contributed by atoms with Crippen LogP contribution < -0.4 is 0 Å². The highest BCUT2D eigenvalue weighted by Gasteiger charge is 1.83. The van der Waals surface area contributed by atoms with Gasteiger partial charge in [-0.05, 0) is 11.6 Å². The monoisotopic (exact) mass is 107 g/mol. The van der Waals surface area contributed by atoms with Crippen LogP contribution in [0.1, 0.15) is 5.56 Å². The van der Waals surface area contributed by atoms with Crippen molar-refractivity contribution in [1.82, 2.24) is 4.57 Å². The third-order valence-corrected chi connectivity index (χ3v) is 1.09. The van der Waals surface area contributed by atoms with Crippen LogP contribution >= 0.6 is 0 Å². The molecule has 0 spiro atoms. The molecule has 0 saturated heterocycles. The summed E-state index contributed by atoms with van der Waals surface area (Å²) in [6, 6.07) is 2.02. The molecule has 0 unspecified atom stereocenters. The minimum absolute atomic E-state index is 1.17. The van der Waals surface area contributed by atoms with Crippen LogP contribution in [0.5, 0.6) is 0 Å². The molecule has 0 aliphatic rings. The second-order valence-electron chi connectivity index (χ2n) is 1.81. The van der Waals surface area contributed by atoms with Crippen LogP contribution in [0.15, 0.2) is 25.0 Å². The first-order chi connectivity index (χ1) is 3.83. The molecule has 0 aromatic carbocycles. The van der Waals surface area contributed by atoms with Crippen molar-refractivity contribution in [2.45, 2.75) is 0 Å². The molecule has 42 valence electrons. The molecule has 1 aromatic heterocycles. The predicted molar refractivity (Wildman–Crippen MR) is 35.5 cm³/mol. The van der Waals surface area contributed by atoms with Gasteiger partial charge in [0.25, 0.3) is 0 Å². The van der Waals surface area contributed by atoms with E-state index in [4.69, 9.17) is 0 Å². The van der Waals surface area contributed by atoms with Gasteiger partial charge >= 0.3 is 0 Å². The molecule has 0 fully saturated rings. The molecular weight excluding hydrogens is 98.1 g/mol. The minimum Gasteiger partial charge on any atom is -0.357 e. The smallest absolute Gasteiger partial charge is 0.0106 e. The van der Waals surface area contributed by atoms with Gasteiger partial charge in [-0.25, -0.2) is 0 Å². The molecule has 0 saturated carbocycles. The lowest BCUT2D eigenvalue weighted by Crippen LogP contribution is -1.76. The second kappa shape index (κ2) is 1.86. The lowest BCUT2D eigenvalue weighted by molar-refractivity contribution is 0.927. The van der Waals surface area contributed by atoms with Crippen molar-refractivity contribution in [3.8, 4) is 0 Å². The van der Waals surface area contributed by atoms with Crippen LogP contribution in [0, 0.1) is 0 Å². The zero-order valence-electron chi connectivity index (χ0n) is 4.96. The van der Waals surface area contributed by atoms with Crippen molar-refractivity contribution in [3.63, 3.8) is 0 Å². The molecule has 1 rings (SSSR count). The molecule has 1 heteroatoms. The highest BCUT2D eigenvalue weighted by Crippen LogP contribution is 1.98. The number of rotatable bonds is 1. The Morgan fingerprint density at radius 1 is 1.75 bits per heavy atom. The maximum Gasteiger partial charge on any atom is 0.0106 e. The molecule has 1 aromatic rings. The van der Waals surface area contributed by atoms with Gasteiger partial charge in [-0.15, -0.1) is 0 Å². The van der Waals surface area contributed by atoms with E-state index in [1.54, 1.807) is 0 Å². The van der Waals surface area contributed by atoms with Gasteiger partial charge in [0, 0.05) is 19.4 Å². The van der Waals surface area contributed by atoms with Gasteiger partial charge in [0.2, 0.25) is 0 Å². The summed E-state index contributed by atoms with van der Waals surface area (Å²) in [7, 11) is 1.99. The van der Waals surface area contributed by atoms with Gasteiger partial charge in [-0.1, -0.05) is 12.7 Å². The van der Waals surface area contributed by atoms with Crippen LogP contribution in [0.2, 0.25) is 0 Å². The highest BCUT2D eigenvalue weighted by atomic mass is 14.9. The van der Waals surface area contributed by atoms with E-state index in [1.165, 1.54) is 5.56 Å². The summed E-state index contributed by atoms with van der Waals surface area (Å²) in [5.41, 5.74) is 1.17. The van der Waals surface area contributed by atoms with E-state index in [9.17, 15) is 0 Å². The molecule has 0 bridgehead atoms. The molecule has 8 heavy (non-hydrogen) atoms. The SMILES string of the molecule is C=Cc1ccn(C)c1. The average molecular weight is 107 g/mol. The van der Waals surface area contributed by atoms with Crippen molar-refractivity contribution >= 4 is 6.08 Å². The first-order valence-corrected chi connectivity index (χ1v) is 2.57. The highest BCUT2D eigenvalue weighted by molar-refractivity contribution is 5.44. The first-order valence-electron chi connectivity index (χ1n) is 2.57. The van der Waals surface area contributed by atoms with Gasteiger partial charge in [0.1, 0.15) is 0 Å². The van der Waals surface area contributed by atoms with E-state index in [0.717, 1.165) is 0 Å². The number of hydrogen-bond donors (Lipinski definition) is 0. The van der Waals surface area contributed by atoms with E-state index >= 15 is 0 Å². The Morgan fingerprint density at radius 3 is 2.75 bits per heavy atom. The van der Waals surface area contributed by atoms with Crippen molar-refractivity contribution in [1.29, 1.82) is 0 Å². The third-order valence-electron chi connectivity index (χ3n) is 1.09. The van der Waals surface area contributed by atoms with E-state index in [2.05, 4.69) is 6.58 Å². The largest absolute Gasteiger partial charge is 0.357 e. The summed E-state index contributed by atoms with van der Waals surface area (Å²) in [5, 5.41) is 0. The number of nitrogens with zero attached hydrogens (tertiary/aromatic N) is 1. The van der Waals surface area contributed by atoms with E-state index < -0.39 is 0 Å². The van der Waals surface area contributed by atoms with Gasteiger partial charge < -0.3 is 4.57 Å². The van der Waals surface area contributed by atoms with Crippen LogP contribution in [0.4, 0.5) is 0 Å². The molecular formula is C7H9N. The summed E-state index contributed by atoms with van der Waals surface area (Å²) in [4.78, 5) is 0. The number of aryl methyl sites for hydroxylation is 1. The summed E-state index contributed by atoms with van der Waals surface area (Å²) in [6.45, 7) is 3.63. The predicted octanol–water partition coefficient (Wildman–Crippen LogP) is 1.67. The zero-order valence-corrected chi connectivity index (χ0v) is 4.96. The molecule has 1 nitrogen and oxygen atoms in total. The number of hydrogen-bond acceptors (Lipinski definition) is 0. The molecule has 0 aliphatic carbocycles. The van der Waals surface area contributed by atoms with Gasteiger partial charge in [-0.2, -0.15) is 0 Å². The van der Waals surface area contributed by atoms with Crippen molar-refractivity contribution < 1.29 is 0 Å². The molecule has 0 amide bonds. The van der Waals surface area contributed by atoms with Crippen LogP contribution in [-0.2, 0) is 7.05 Å². The summed E-state index contributed by atoms with van der Waals surface area (Å²) in [6.07, 6.45) is 5.85. The first kappa shape index (κ1) is 5.16. The standard InChI is InChI=1S/C7H9N/c1-3-7-4-5-8(2)6-7/h3-6H,1H2,2H3. The maximum atomic E-state index is 3.63. The van der Waals surface area contributed by atoms with Crippen molar-refractivity contribution in [2.75, 3.05) is 0 Å². The molecule has 0 N–H and O–H groups in total. The fourth-order valence-electron chi connectivity index (χ4n) is 0.646. The van der Waals surface area contributed by atoms with Crippen molar-refractivity contribution in [3.05, 3.63) is 30.6 Å².